The molecule has 0 radical (unpaired) electrons. The number of nitrogens with one attached hydrogen (secondary N) is 1. The second-order valence-corrected chi connectivity index (χ2v) is 10.7. The third-order valence-corrected chi connectivity index (χ3v) is 7.46. The van der Waals surface area contributed by atoms with Crippen LogP contribution in [0.25, 0.3) is 0 Å². The zero-order valence-corrected chi connectivity index (χ0v) is 17.6. The standard InChI is InChI=1S/C20H33N3O3S/c1-20(2,3)18-16(9-8-14-26-18)15-22-19-17(10-7-11-21-19)27(24,25)23-12-5-4-6-13-23/h7,10-11,16,18H,4-6,8-9,12-15H2,1-3H3,(H,21,22). The monoisotopic (exact) mass is 395 g/mol. The molecule has 0 spiro atoms. The van der Waals surface area contributed by atoms with Crippen LogP contribution in [0.15, 0.2) is 23.2 Å². The van der Waals surface area contributed by atoms with E-state index in [4.69, 9.17) is 4.74 Å². The highest BCUT2D eigenvalue weighted by Gasteiger charge is 2.36. The number of piperidine rings is 1. The average molecular weight is 396 g/mol. The van der Waals surface area contributed by atoms with Crippen LogP contribution in [0, 0.1) is 11.3 Å². The molecule has 27 heavy (non-hydrogen) atoms. The number of pyridine rings is 1. The third-order valence-electron chi connectivity index (χ3n) is 5.53. The van der Waals surface area contributed by atoms with Crippen LogP contribution in [0.5, 0.6) is 0 Å². The van der Waals surface area contributed by atoms with Crippen molar-refractivity contribution >= 4 is 15.8 Å². The molecule has 3 heterocycles. The van der Waals surface area contributed by atoms with Gasteiger partial charge in [-0.2, -0.15) is 4.31 Å². The molecule has 0 bridgehead atoms. The second kappa shape index (κ2) is 8.45. The van der Waals surface area contributed by atoms with Gasteiger partial charge >= 0.3 is 0 Å². The van der Waals surface area contributed by atoms with Crippen LogP contribution in [0.1, 0.15) is 52.9 Å². The normalized spacial score (nSPS) is 25.3. The first-order valence-corrected chi connectivity index (χ1v) is 11.5. The molecule has 2 saturated heterocycles. The molecule has 2 unspecified atom stereocenters. The Morgan fingerprint density at radius 2 is 1.96 bits per heavy atom. The van der Waals surface area contributed by atoms with Crippen LogP contribution in [0.4, 0.5) is 5.82 Å². The summed E-state index contributed by atoms with van der Waals surface area (Å²) in [7, 11) is -3.51. The van der Waals surface area contributed by atoms with E-state index in [1.165, 1.54) is 0 Å². The van der Waals surface area contributed by atoms with Crippen molar-refractivity contribution in [3.63, 3.8) is 0 Å². The number of aromatic nitrogens is 1. The first-order valence-electron chi connectivity index (χ1n) is 10.1. The average Bonchev–Trinajstić information content (AvgIpc) is 2.67. The van der Waals surface area contributed by atoms with Gasteiger partial charge in [-0.15, -0.1) is 0 Å². The second-order valence-electron chi connectivity index (χ2n) is 8.76. The van der Waals surface area contributed by atoms with Crippen molar-refractivity contribution in [2.45, 2.75) is 63.9 Å². The van der Waals surface area contributed by atoms with Crippen molar-refractivity contribution in [1.82, 2.24) is 9.29 Å². The van der Waals surface area contributed by atoms with Gasteiger partial charge in [-0.3, -0.25) is 0 Å². The Hall–Kier alpha value is -1.18. The lowest BCUT2D eigenvalue weighted by molar-refractivity contribution is -0.0814. The van der Waals surface area contributed by atoms with Crippen molar-refractivity contribution in [3.8, 4) is 0 Å². The molecule has 0 amide bonds. The van der Waals surface area contributed by atoms with Gasteiger partial charge in [-0.25, -0.2) is 13.4 Å². The minimum Gasteiger partial charge on any atom is -0.377 e. The topological polar surface area (TPSA) is 71.5 Å². The largest absolute Gasteiger partial charge is 0.377 e. The maximum atomic E-state index is 13.1. The number of nitrogens with zero attached hydrogens (tertiary/aromatic N) is 2. The quantitative estimate of drug-likeness (QED) is 0.826. The summed E-state index contributed by atoms with van der Waals surface area (Å²) in [5.41, 5.74) is 0.0551. The van der Waals surface area contributed by atoms with E-state index in [1.807, 2.05) is 0 Å². The molecule has 0 aliphatic carbocycles. The van der Waals surface area contributed by atoms with Crippen LogP contribution in [0.3, 0.4) is 0 Å². The maximum absolute atomic E-state index is 13.1. The van der Waals surface area contributed by atoms with Crippen LogP contribution in [-0.2, 0) is 14.8 Å². The van der Waals surface area contributed by atoms with Crippen molar-refractivity contribution in [2.24, 2.45) is 11.3 Å². The molecule has 7 heteroatoms. The number of rotatable bonds is 5. The van der Waals surface area contributed by atoms with Crippen LogP contribution in [-0.4, -0.2) is 50.1 Å². The Balaban J connectivity index is 1.76. The summed E-state index contributed by atoms with van der Waals surface area (Å²) in [4.78, 5) is 4.64. The number of hydrogen-bond donors (Lipinski definition) is 1. The van der Waals surface area contributed by atoms with Gasteiger partial charge in [-0.1, -0.05) is 27.2 Å². The van der Waals surface area contributed by atoms with Gasteiger partial charge < -0.3 is 10.1 Å². The fourth-order valence-electron chi connectivity index (χ4n) is 4.21. The Morgan fingerprint density at radius 3 is 2.67 bits per heavy atom. The van der Waals surface area contributed by atoms with Gasteiger partial charge in [0.25, 0.3) is 0 Å². The zero-order valence-electron chi connectivity index (χ0n) is 16.8. The third kappa shape index (κ3) is 4.81. The fraction of sp³-hybridized carbons (Fsp3) is 0.750. The number of hydrogen-bond acceptors (Lipinski definition) is 5. The Kier molecular flexibility index (Phi) is 6.43. The van der Waals surface area contributed by atoms with E-state index in [0.717, 1.165) is 38.7 Å². The summed E-state index contributed by atoms with van der Waals surface area (Å²) in [5.74, 6) is 0.799. The summed E-state index contributed by atoms with van der Waals surface area (Å²) in [6.45, 7) is 9.26. The highest BCUT2D eigenvalue weighted by Crippen LogP contribution is 2.34. The minimum absolute atomic E-state index is 0.0551. The fourth-order valence-corrected chi connectivity index (χ4v) is 5.85. The first-order chi connectivity index (χ1) is 12.8. The SMILES string of the molecule is CC(C)(C)C1OCCCC1CNc1ncccc1S(=O)(=O)N1CCCCC1. The predicted octanol–water partition coefficient (Wildman–Crippen LogP) is 3.51. The molecular weight excluding hydrogens is 362 g/mol. The number of sulfonamides is 1. The van der Waals surface area contributed by atoms with Crippen LogP contribution < -0.4 is 5.32 Å². The van der Waals surface area contributed by atoms with Crippen molar-refractivity contribution in [1.29, 1.82) is 0 Å². The lowest BCUT2D eigenvalue weighted by Gasteiger charge is -2.40. The van der Waals surface area contributed by atoms with Crippen molar-refractivity contribution in [3.05, 3.63) is 18.3 Å². The molecule has 2 aliphatic rings. The van der Waals surface area contributed by atoms with E-state index in [2.05, 4.69) is 31.1 Å². The summed E-state index contributed by atoms with van der Waals surface area (Å²) in [6.07, 6.45) is 6.88. The lowest BCUT2D eigenvalue weighted by Crippen LogP contribution is -2.43. The summed E-state index contributed by atoms with van der Waals surface area (Å²) in [6, 6.07) is 3.36. The molecule has 1 aromatic heterocycles. The van der Waals surface area contributed by atoms with Crippen molar-refractivity contribution < 1.29 is 13.2 Å². The number of ether oxygens (including phenoxy) is 1. The Morgan fingerprint density at radius 1 is 1.22 bits per heavy atom. The molecular formula is C20H33N3O3S. The Bertz CT molecular complexity index is 724. The summed E-state index contributed by atoms with van der Waals surface area (Å²) < 4.78 is 33.9. The highest BCUT2D eigenvalue weighted by atomic mass is 32.2. The van der Waals surface area contributed by atoms with E-state index in [9.17, 15) is 8.42 Å². The van der Waals surface area contributed by atoms with Crippen LogP contribution >= 0.6 is 0 Å². The molecule has 1 N–H and O–H groups in total. The maximum Gasteiger partial charge on any atom is 0.246 e. The Labute approximate surface area is 163 Å². The van der Waals surface area contributed by atoms with E-state index in [-0.39, 0.29) is 16.4 Å². The summed E-state index contributed by atoms with van der Waals surface area (Å²) >= 11 is 0. The van der Waals surface area contributed by atoms with E-state index in [0.29, 0.717) is 31.4 Å². The molecule has 0 aromatic carbocycles. The molecule has 3 rings (SSSR count). The summed E-state index contributed by atoms with van der Waals surface area (Å²) in [5, 5.41) is 3.33. The van der Waals surface area contributed by atoms with Gasteiger partial charge in [0.2, 0.25) is 10.0 Å². The highest BCUT2D eigenvalue weighted by molar-refractivity contribution is 7.89. The van der Waals surface area contributed by atoms with E-state index < -0.39 is 10.0 Å². The smallest absolute Gasteiger partial charge is 0.246 e. The van der Waals surface area contributed by atoms with E-state index >= 15 is 0 Å². The molecule has 1 aromatic rings. The predicted molar refractivity (Wildman–Crippen MR) is 107 cm³/mol. The van der Waals surface area contributed by atoms with E-state index in [1.54, 1.807) is 22.6 Å². The van der Waals surface area contributed by atoms with Crippen LogP contribution in [0.2, 0.25) is 0 Å². The first kappa shape index (κ1) is 20.6. The lowest BCUT2D eigenvalue weighted by atomic mass is 9.78. The molecule has 2 aliphatic heterocycles. The molecule has 152 valence electrons. The van der Waals surface area contributed by atoms with Gasteiger partial charge in [0.05, 0.1) is 6.10 Å². The molecule has 0 saturated carbocycles. The molecule has 6 nitrogen and oxygen atoms in total. The minimum atomic E-state index is -3.51. The molecule has 2 atom stereocenters. The number of anilines is 1. The van der Waals surface area contributed by atoms with Gasteiger partial charge in [0, 0.05) is 38.4 Å². The molecule has 2 fully saturated rings. The van der Waals surface area contributed by atoms with Gasteiger partial charge in [-0.05, 0) is 43.2 Å². The zero-order chi connectivity index (χ0) is 19.5. The van der Waals surface area contributed by atoms with Gasteiger partial charge in [0.1, 0.15) is 10.7 Å². The van der Waals surface area contributed by atoms with Gasteiger partial charge in [0.15, 0.2) is 0 Å². The van der Waals surface area contributed by atoms with Crippen molar-refractivity contribution in [2.75, 3.05) is 31.6 Å².